The smallest absolute Gasteiger partial charge is 0.348 e. The SMILES string of the molecule is CCOC(=O)c1c(-c2ccccc2)csc1NC(=O)COC(=O)c1cccs1. The third-order valence-corrected chi connectivity index (χ3v) is 5.41. The van der Waals surface area contributed by atoms with Crippen molar-refractivity contribution in [1.82, 2.24) is 0 Å². The Morgan fingerprint density at radius 2 is 1.75 bits per heavy atom. The lowest BCUT2D eigenvalue weighted by Gasteiger charge is -2.09. The summed E-state index contributed by atoms with van der Waals surface area (Å²) < 4.78 is 10.2. The summed E-state index contributed by atoms with van der Waals surface area (Å²) in [5.41, 5.74) is 1.80. The fourth-order valence-electron chi connectivity index (χ4n) is 2.45. The van der Waals surface area contributed by atoms with E-state index in [0.717, 1.165) is 5.56 Å². The maximum atomic E-state index is 12.5. The molecule has 0 unspecified atom stereocenters. The molecular formula is C20H17NO5S2. The number of thiophene rings is 2. The van der Waals surface area contributed by atoms with E-state index in [1.807, 2.05) is 30.3 Å². The number of benzene rings is 1. The Morgan fingerprint density at radius 3 is 2.43 bits per heavy atom. The van der Waals surface area contributed by atoms with Crippen molar-refractivity contribution in [2.45, 2.75) is 6.92 Å². The van der Waals surface area contributed by atoms with E-state index in [1.165, 1.54) is 22.7 Å². The van der Waals surface area contributed by atoms with E-state index in [9.17, 15) is 14.4 Å². The topological polar surface area (TPSA) is 81.7 Å². The molecule has 3 aromatic rings. The highest BCUT2D eigenvalue weighted by Crippen LogP contribution is 2.36. The molecule has 0 radical (unpaired) electrons. The summed E-state index contributed by atoms with van der Waals surface area (Å²) in [5.74, 6) is -1.61. The van der Waals surface area contributed by atoms with Crippen molar-refractivity contribution in [2.75, 3.05) is 18.5 Å². The van der Waals surface area contributed by atoms with Crippen LogP contribution in [0, 0.1) is 0 Å². The van der Waals surface area contributed by atoms with E-state index in [4.69, 9.17) is 9.47 Å². The number of carbonyl (C=O) groups excluding carboxylic acids is 3. The van der Waals surface area contributed by atoms with Crippen molar-refractivity contribution >= 4 is 45.5 Å². The normalized spacial score (nSPS) is 10.3. The van der Waals surface area contributed by atoms with Crippen molar-refractivity contribution in [3.63, 3.8) is 0 Å². The lowest BCUT2D eigenvalue weighted by Crippen LogP contribution is -2.21. The van der Waals surface area contributed by atoms with E-state index < -0.39 is 24.5 Å². The van der Waals surface area contributed by atoms with Crippen LogP contribution in [-0.2, 0) is 14.3 Å². The molecule has 0 bridgehead atoms. The summed E-state index contributed by atoms with van der Waals surface area (Å²) in [6.07, 6.45) is 0. The first-order valence-electron chi connectivity index (χ1n) is 8.44. The van der Waals surface area contributed by atoms with Gasteiger partial charge in [0.05, 0.1) is 6.61 Å². The highest BCUT2D eigenvalue weighted by atomic mass is 32.1. The third-order valence-electron chi connectivity index (χ3n) is 3.67. The van der Waals surface area contributed by atoms with Crippen molar-refractivity contribution < 1.29 is 23.9 Å². The van der Waals surface area contributed by atoms with Gasteiger partial charge in [-0.3, -0.25) is 4.79 Å². The van der Waals surface area contributed by atoms with Gasteiger partial charge in [-0.05, 0) is 23.9 Å². The molecule has 0 spiro atoms. The number of rotatable bonds is 7. The van der Waals surface area contributed by atoms with Gasteiger partial charge in [-0.1, -0.05) is 36.4 Å². The zero-order valence-electron chi connectivity index (χ0n) is 15.0. The molecule has 28 heavy (non-hydrogen) atoms. The molecule has 8 heteroatoms. The Bertz CT molecular complexity index is 964. The Labute approximate surface area is 169 Å². The van der Waals surface area contributed by atoms with E-state index in [-0.39, 0.29) is 12.2 Å². The summed E-state index contributed by atoms with van der Waals surface area (Å²) in [7, 11) is 0. The average Bonchev–Trinajstić information content (AvgIpc) is 3.37. The van der Waals surface area contributed by atoms with Crippen LogP contribution < -0.4 is 5.32 Å². The van der Waals surface area contributed by atoms with E-state index >= 15 is 0 Å². The fourth-order valence-corrected chi connectivity index (χ4v) is 4.04. The predicted octanol–water partition coefficient (Wildman–Crippen LogP) is 4.45. The molecule has 0 aliphatic heterocycles. The Kier molecular flexibility index (Phi) is 6.57. The molecule has 0 aliphatic carbocycles. The lowest BCUT2D eigenvalue weighted by atomic mass is 10.0. The Balaban J connectivity index is 1.75. The number of carbonyl (C=O) groups is 3. The Morgan fingerprint density at radius 1 is 0.964 bits per heavy atom. The highest BCUT2D eigenvalue weighted by Gasteiger charge is 2.23. The molecule has 2 heterocycles. The molecule has 2 aromatic heterocycles. The second-order valence-electron chi connectivity index (χ2n) is 5.54. The van der Waals surface area contributed by atoms with Gasteiger partial charge >= 0.3 is 11.9 Å². The minimum Gasteiger partial charge on any atom is -0.462 e. The monoisotopic (exact) mass is 415 g/mol. The van der Waals surface area contributed by atoms with Crippen molar-refractivity contribution in [1.29, 1.82) is 0 Å². The van der Waals surface area contributed by atoms with Gasteiger partial charge in [-0.15, -0.1) is 22.7 Å². The number of nitrogens with one attached hydrogen (secondary N) is 1. The number of esters is 2. The summed E-state index contributed by atoms with van der Waals surface area (Å²) in [5, 5.41) is 6.54. The van der Waals surface area contributed by atoms with Crippen LogP contribution in [0.5, 0.6) is 0 Å². The first-order valence-corrected chi connectivity index (χ1v) is 10.2. The third kappa shape index (κ3) is 4.65. The van der Waals surface area contributed by atoms with Gasteiger partial charge < -0.3 is 14.8 Å². The van der Waals surface area contributed by atoms with Crippen molar-refractivity contribution in [2.24, 2.45) is 0 Å². The first kappa shape index (κ1) is 19.8. The molecule has 0 fully saturated rings. The van der Waals surface area contributed by atoms with Gasteiger partial charge in [0.2, 0.25) is 0 Å². The summed E-state index contributed by atoms with van der Waals surface area (Å²) in [6.45, 7) is 1.49. The summed E-state index contributed by atoms with van der Waals surface area (Å²) in [4.78, 5) is 37.0. The zero-order chi connectivity index (χ0) is 19.9. The molecule has 144 valence electrons. The molecule has 0 atom stereocenters. The number of hydrogen-bond acceptors (Lipinski definition) is 7. The standard InChI is InChI=1S/C20H17NO5S2/c1-2-25-20(24)17-14(13-7-4-3-5-8-13)12-28-18(17)21-16(22)11-26-19(23)15-9-6-10-27-15/h3-10,12H,2,11H2,1H3,(H,21,22). The molecule has 0 saturated carbocycles. The second-order valence-corrected chi connectivity index (χ2v) is 7.37. The highest BCUT2D eigenvalue weighted by molar-refractivity contribution is 7.15. The molecule has 0 saturated heterocycles. The second kappa shape index (κ2) is 9.29. The largest absolute Gasteiger partial charge is 0.462 e. The first-order chi connectivity index (χ1) is 13.6. The molecule has 3 rings (SSSR count). The van der Waals surface area contributed by atoms with Crippen LogP contribution in [0.1, 0.15) is 27.0 Å². The number of ether oxygens (including phenoxy) is 2. The van der Waals surface area contributed by atoms with Gasteiger partial charge in [0, 0.05) is 10.9 Å². The zero-order valence-corrected chi connectivity index (χ0v) is 16.6. The molecule has 1 amide bonds. The van der Waals surface area contributed by atoms with E-state index in [1.54, 1.807) is 29.8 Å². The van der Waals surface area contributed by atoms with Crippen LogP contribution in [0.4, 0.5) is 5.00 Å². The molecule has 0 aliphatic rings. The molecular weight excluding hydrogens is 398 g/mol. The van der Waals surface area contributed by atoms with Crippen molar-refractivity contribution in [3.05, 3.63) is 63.7 Å². The van der Waals surface area contributed by atoms with Crippen LogP contribution in [-0.4, -0.2) is 31.1 Å². The predicted molar refractivity (Wildman–Crippen MR) is 109 cm³/mol. The van der Waals surface area contributed by atoms with Gasteiger partial charge in [0.25, 0.3) is 5.91 Å². The number of hydrogen-bond donors (Lipinski definition) is 1. The molecule has 6 nitrogen and oxygen atoms in total. The van der Waals surface area contributed by atoms with Gasteiger partial charge in [0.1, 0.15) is 15.4 Å². The minimum absolute atomic E-state index is 0.217. The lowest BCUT2D eigenvalue weighted by molar-refractivity contribution is -0.119. The van der Waals surface area contributed by atoms with Gasteiger partial charge in [-0.25, -0.2) is 9.59 Å². The summed E-state index contributed by atoms with van der Waals surface area (Å²) >= 11 is 2.45. The quantitative estimate of drug-likeness (QED) is 0.577. The van der Waals surface area contributed by atoms with Crippen LogP contribution in [0.2, 0.25) is 0 Å². The summed E-state index contributed by atoms with van der Waals surface area (Å²) in [6, 6.07) is 12.7. The van der Waals surface area contributed by atoms with Crippen molar-refractivity contribution in [3.8, 4) is 11.1 Å². The van der Waals surface area contributed by atoms with Crippen LogP contribution >= 0.6 is 22.7 Å². The fraction of sp³-hybridized carbons (Fsp3) is 0.150. The van der Waals surface area contributed by atoms with Gasteiger partial charge in [-0.2, -0.15) is 0 Å². The maximum absolute atomic E-state index is 12.5. The number of amides is 1. The number of anilines is 1. The van der Waals surface area contributed by atoms with Gasteiger partial charge in [0.15, 0.2) is 6.61 Å². The maximum Gasteiger partial charge on any atom is 0.348 e. The van der Waals surface area contributed by atoms with E-state index in [2.05, 4.69) is 5.32 Å². The Hall–Kier alpha value is -2.97. The van der Waals surface area contributed by atoms with Crippen LogP contribution in [0.15, 0.2) is 53.2 Å². The molecule has 1 aromatic carbocycles. The minimum atomic E-state index is -0.563. The average molecular weight is 415 g/mol. The van der Waals surface area contributed by atoms with E-state index in [0.29, 0.717) is 15.4 Å². The van der Waals surface area contributed by atoms with Crippen LogP contribution in [0.25, 0.3) is 11.1 Å². The molecule has 1 N–H and O–H groups in total. The van der Waals surface area contributed by atoms with Crippen LogP contribution in [0.3, 0.4) is 0 Å².